The van der Waals surface area contributed by atoms with Crippen molar-refractivity contribution in [2.45, 2.75) is 26.8 Å². The summed E-state index contributed by atoms with van der Waals surface area (Å²) in [6.45, 7) is 7.29. The molecule has 1 aliphatic rings. The van der Waals surface area contributed by atoms with E-state index in [0.717, 1.165) is 25.3 Å². The minimum atomic E-state index is -0.350. The number of nitrogens with one attached hydrogen (secondary N) is 2. The molecular weight excluding hydrogens is 388 g/mol. The van der Waals surface area contributed by atoms with Gasteiger partial charge >= 0.3 is 0 Å². The number of piperidine rings is 1. The Labute approximate surface area is 175 Å². The summed E-state index contributed by atoms with van der Waals surface area (Å²) in [4.78, 5) is 30.8. The third kappa shape index (κ3) is 7.14. The van der Waals surface area contributed by atoms with Crippen LogP contribution in [0.2, 0.25) is 0 Å². The Balaban J connectivity index is 1.38. The molecule has 0 aliphatic carbocycles. The molecule has 2 heterocycles. The minimum Gasteiger partial charge on any atom is -0.484 e. The second kappa shape index (κ2) is 10.4. The molecule has 3 rings (SSSR count). The fourth-order valence-electron chi connectivity index (χ4n) is 3.65. The van der Waals surface area contributed by atoms with Crippen LogP contribution in [0, 0.1) is 11.8 Å². The molecule has 7 nitrogen and oxygen atoms in total. The summed E-state index contributed by atoms with van der Waals surface area (Å²) >= 11 is 1.40. The third-order valence-electron chi connectivity index (χ3n) is 4.69. The minimum absolute atomic E-state index is 0.118. The van der Waals surface area contributed by atoms with E-state index >= 15 is 0 Å². The van der Waals surface area contributed by atoms with Crippen LogP contribution in [0.1, 0.15) is 26.0 Å². The molecule has 2 amide bonds. The summed E-state index contributed by atoms with van der Waals surface area (Å²) < 4.78 is 5.35. The number of hydrogen-bond acceptors (Lipinski definition) is 6. The van der Waals surface area contributed by atoms with E-state index in [1.54, 1.807) is 12.1 Å². The first kappa shape index (κ1) is 21.3. The van der Waals surface area contributed by atoms with Crippen LogP contribution in [0.5, 0.6) is 5.75 Å². The van der Waals surface area contributed by atoms with Gasteiger partial charge in [-0.15, -0.1) is 11.3 Å². The van der Waals surface area contributed by atoms with Crippen molar-refractivity contribution in [1.82, 2.24) is 15.2 Å². The van der Waals surface area contributed by atoms with E-state index in [9.17, 15) is 9.59 Å². The van der Waals surface area contributed by atoms with Crippen molar-refractivity contribution in [3.8, 4) is 5.75 Å². The summed E-state index contributed by atoms with van der Waals surface area (Å²) in [5, 5.41) is 7.82. The lowest BCUT2D eigenvalue weighted by Gasteiger charge is -2.34. The topological polar surface area (TPSA) is 83.6 Å². The summed E-state index contributed by atoms with van der Waals surface area (Å²) in [6.07, 6.45) is 1.27. The molecule has 0 radical (unpaired) electrons. The number of rotatable bonds is 8. The van der Waals surface area contributed by atoms with Gasteiger partial charge < -0.3 is 15.4 Å². The van der Waals surface area contributed by atoms with Crippen molar-refractivity contribution >= 4 is 28.3 Å². The van der Waals surface area contributed by atoms with Gasteiger partial charge in [-0.2, -0.15) is 0 Å². The molecule has 156 valence electrons. The molecule has 1 aromatic carbocycles. The van der Waals surface area contributed by atoms with Gasteiger partial charge in [-0.3, -0.25) is 14.5 Å². The van der Waals surface area contributed by atoms with Gasteiger partial charge in [-0.25, -0.2) is 4.98 Å². The SMILES string of the molecule is C[C@@H]1C[C@H](C)CN(Cc2csc(NC(=O)CNC(=O)COc3ccccc3)n2)C1. The molecule has 1 saturated heterocycles. The highest BCUT2D eigenvalue weighted by Gasteiger charge is 2.22. The monoisotopic (exact) mass is 416 g/mol. The van der Waals surface area contributed by atoms with Crippen LogP contribution in [0.15, 0.2) is 35.7 Å². The van der Waals surface area contributed by atoms with Crippen LogP contribution in [-0.4, -0.2) is 47.9 Å². The predicted octanol–water partition coefficient (Wildman–Crippen LogP) is 2.75. The Hall–Kier alpha value is -2.45. The quantitative estimate of drug-likeness (QED) is 0.691. The molecule has 0 spiro atoms. The molecule has 0 bridgehead atoms. The fourth-order valence-corrected chi connectivity index (χ4v) is 4.36. The highest BCUT2D eigenvalue weighted by molar-refractivity contribution is 7.13. The number of likely N-dealkylation sites (tertiary alicyclic amines) is 1. The van der Waals surface area contributed by atoms with E-state index in [1.807, 2.05) is 23.6 Å². The molecule has 0 unspecified atom stereocenters. The van der Waals surface area contributed by atoms with Crippen molar-refractivity contribution in [3.63, 3.8) is 0 Å². The van der Waals surface area contributed by atoms with E-state index in [4.69, 9.17) is 4.74 Å². The molecule has 8 heteroatoms. The standard InChI is InChI=1S/C21H28N4O3S/c1-15-8-16(2)11-25(10-15)12-17-14-29-21(23-17)24-19(26)9-22-20(27)13-28-18-6-4-3-5-7-18/h3-7,14-16H,8-13H2,1-2H3,(H,22,27)(H,23,24,26)/t15-,16+. The number of carbonyl (C=O) groups is 2. The number of benzene rings is 1. The van der Waals surface area contributed by atoms with Crippen LogP contribution < -0.4 is 15.4 Å². The average Bonchev–Trinajstić information content (AvgIpc) is 3.11. The summed E-state index contributed by atoms with van der Waals surface area (Å²) in [5.74, 6) is 1.35. The lowest BCUT2D eigenvalue weighted by Crippen LogP contribution is -2.38. The van der Waals surface area contributed by atoms with Gasteiger partial charge in [0.1, 0.15) is 5.75 Å². The van der Waals surface area contributed by atoms with Gasteiger partial charge in [0.25, 0.3) is 5.91 Å². The highest BCUT2D eigenvalue weighted by Crippen LogP contribution is 2.23. The average molecular weight is 417 g/mol. The zero-order valence-electron chi connectivity index (χ0n) is 16.9. The van der Waals surface area contributed by atoms with Crippen molar-refractivity contribution in [2.75, 3.05) is 31.6 Å². The number of hydrogen-bond donors (Lipinski definition) is 2. The second-order valence-corrected chi connectivity index (χ2v) is 8.57. The normalized spacial score (nSPS) is 19.5. The number of carbonyl (C=O) groups excluding carboxylic acids is 2. The predicted molar refractivity (Wildman–Crippen MR) is 114 cm³/mol. The van der Waals surface area contributed by atoms with E-state index in [0.29, 0.717) is 22.7 Å². The Morgan fingerprint density at radius 2 is 1.90 bits per heavy atom. The van der Waals surface area contributed by atoms with Crippen LogP contribution >= 0.6 is 11.3 Å². The second-order valence-electron chi connectivity index (χ2n) is 7.71. The van der Waals surface area contributed by atoms with Crippen LogP contribution in [0.3, 0.4) is 0 Å². The Bertz CT molecular complexity index is 801. The fraction of sp³-hybridized carbons (Fsp3) is 0.476. The Morgan fingerprint density at radius 1 is 1.17 bits per heavy atom. The smallest absolute Gasteiger partial charge is 0.258 e. The number of anilines is 1. The number of aromatic nitrogens is 1. The molecule has 29 heavy (non-hydrogen) atoms. The highest BCUT2D eigenvalue weighted by atomic mass is 32.1. The zero-order valence-corrected chi connectivity index (χ0v) is 17.7. The number of nitrogens with zero attached hydrogens (tertiary/aromatic N) is 2. The van der Waals surface area contributed by atoms with E-state index < -0.39 is 0 Å². The van der Waals surface area contributed by atoms with Crippen LogP contribution in [-0.2, 0) is 16.1 Å². The van der Waals surface area contributed by atoms with Gasteiger partial charge in [0.2, 0.25) is 5.91 Å². The van der Waals surface area contributed by atoms with Crippen molar-refractivity contribution in [3.05, 3.63) is 41.4 Å². The zero-order chi connectivity index (χ0) is 20.6. The van der Waals surface area contributed by atoms with E-state index in [1.165, 1.54) is 17.8 Å². The number of para-hydroxylation sites is 1. The van der Waals surface area contributed by atoms with Gasteiger partial charge in [0.15, 0.2) is 11.7 Å². The lowest BCUT2D eigenvalue weighted by atomic mass is 9.92. The molecule has 0 saturated carbocycles. The molecule has 2 N–H and O–H groups in total. The largest absolute Gasteiger partial charge is 0.484 e. The van der Waals surface area contributed by atoms with Gasteiger partial charge in [-0.05, 0) is 30.4 Å². The first-order chi connectivity index (χ1) is 14.0. The van der Waals surface area contributed by atoms with Crippen LogP contribution in [0.25, 0.3) is 0 Å². The number of ether oxygens (including phenoxy) is 1. The molecular formula is C21H28N4O3S. The van der Waals surface area contributed by atoms with Gasteiger partial charge in [0.05, 0.1) is 12.2 Å². The maximum absolute atomic E-state index is 12.1. The van der Waals surface area contributed by atoms with E-state index in [-0.39, 0.29) is 25.0 Å². The van der Waals surface area contributed by atoms with Crippen molar-refractivity contribution in [2.24, 2.45) is 11.8 Å². The van der Waals surface area contributed by atoms with Crippen molar-refractivity contribution in [1.29, 1.82) is 0 Å². The number of thiazole rings is 1. The lowest BCUT2D eigenvalue weighted by molar-refractivity contribution is -0.125. The summed E-state index contributed by atoms with van der Waals surface area (Å²) in [7, 11) is 0. The van der Waals surface area contributed by atoms with Gasteiger partial charge in [-0.1, -0.05) is 32.0 Å². The Kier molecular flexibility index (Phi) is 7.60. The molecule has 1 aliphatic heterocycles. The van der Waals surface area contributed by atoms with E-state index in [2.05, 4.69) is 34.4 Å². The maximum atomic E-state index is 12.1. The first-order valence-corrected chi connectivity index (χ1v) is 10.8. The molecule has 1 fully saturated rings. The molecule has 1 aromatic heterocycles. The Morgan fingerprint density at radius 3 is 2.62 bits per heavy atom. The molecule has 2 atom stereocenters. The first-order valence-electron chi connectivity index (χ1n) is 9.89. The van der Waals surface area contributed by atoms with Crippen LogP contribution in [0.4, 0.5) is 5.13 Å². The number of amides is 2. The summed E-state index contributed by atoms with van der Waals surface area (Å²) in [5.41, 5.74) is 0.965. The van der Waals surface area contributed by atoms with Gasteiger partial charge in [0, 0.05) is 25.0 Å². The molecule has 2 aromatic rings. The summed E-state index contributed by atoms with van der Waals surface area (Å²) in [6, 6.07) is 9.07. The van der Waals surface area contributed by atoms with Crippen molar-refractivity contribution < 1.29 is 14.3 Å². The third-order valence-corrected chi connectivity index (χ3v) is 5.49. The maximum Gasteiger partial charge on any atom is 0.258 e.